The van der Waals surface area contributed by atoms with Gasteiger partial charge in [-0.25, -0.2) is 0 Å². The number of H-pyrrole nitrogens is 1. The fourth-order valence-corrected chi connectivity index (χ4v) is 2.68. The van der Waals surface area contributed by atoms with Crippen LogP contribution >= 0.6 is 0 Å². The van der Waals surface area contributed by atoms with Gasteiger partial charge in [0.05, 0.1) is 17.8 Å². The second-order valence-corrected chi connectivity index (χ2v) is 4.85. The zero-order chi connectivity index (χ0) is 14.3. The number of aromatic nitrogens is 3. The molecule has 1 aromatic carbocycles. The van der Waals surface area contributed by atoms with Crippen LogP contribution in [0.4, 0.5) is 0 Å². The topological polar surface area (TPSA) is 70.9 Å². The number of carboxylic acids is 1. The maximum atomic E-state index is 11.1. The van der Waals surface area contributed by atoms with E-state index in [2.05, 4.69) is 10.1 Å². The van der Waals surface area contributed by atoms with Gasteiger partial charge in [-0.3, -0.25) is 9.48 Å². The molecular weight excluding hydrogens is 254 g/mol. The Morgan fingerprint density at radius 1 is 1.40 bits per heavy atom. The van der Waals surface area contributed by atoms with Crippen LogP contribution in [0.15, 0.2) is 30.5 Å². The number of nitrogens with one attached hydrogen (secondary N) is 1. The summed E-state index contributed by atoms with van der Waals surface area (Å²) in [6.07, 6.45) is 1.88. The first-order chi connectivity index (χ1) is 9.58. The summed E-state index contributed by atoms with van der Waals surface area (Å²) in [6, 6.07) is 7.97. The minimum atomic E-state index is -0.853. The molecule has 0 saturated carbocycles. The Bertz CT molecular complexity index is 799. The van der Waals surface area contributed by atoms with Gasteiger partial charge in [0.2, 0.25) is 0 Å². The molecular formula is C15H15N3O2. The number of hydrogen-bond donors (Lipinski definition) is 2. The molecule has 3 aromatic rings. The Balaban J connectivity index is 2.26. The summed E-state index contributed by atoms with van der Waals surface area (Å²) in [5, 5.41) is 14.5. The highest BCUT2D eigenvalue weighted by atomic mass is 16.4. The van der Waals surface area contributed by atoms with Crippen LogP contribution in [-0.4, -0.2) is 25.8 Å². The van der Waals surface area contributed by atoms with E-state index in [1.807, 2.05) is 37.4 Å². The maximum Gasteiger partial charge on any atom is 0.309 e. The molecule has 0 aliphatic carbocycles. The lowest BCUT2D eigenvalue weighted by Gasteiger charge is -2.03. The third-order valence-corrected chi connectivity index (χ3v) is 3.52. The van der Waals surface area contributed by atoms with Gasteiger partial charge in [0.15, 0.2) is 0 Å². The van der Waals surface area contributed by atoms with Gasteiger partial charge in [-0.2, -0.15) is 5.10 Å². The highest BCUT2D eigenvalue weighted by Gasteiger charge is 2.19. The molecule has 0 aliphatic heterocycles. The molecule has 20 heavy (non-hydrogen) atoms. The van der Waals surface area contributed by atoms with Gasteiger partial charge in [-0.1, -0.05) is 18.2 Å². The molecule has 0 unspecified atom stereocenters. The minimum absolute atomic E-state index is 0.0355. The van der Waals surface area contributed by atoms with E-state index in [1.165, 1.54) is 0 Å². The number of aliphatic carboxylic acids is 1. The molecule has 5 heteroatoms. The highest BCUT2D eigenvalue weighted by molar-refractivity contribution is 5.97. The second-order valence-electron chi connectivity index (χ2n) is 4.85. The van der Waals surface area contributed by atoms with Gasteiger partial charge in [0.1, 0.15) is 0 Å². The molecule has 0 fully saturated rings. The third kappa shape index (κ3) is 1.87. The van der Waals surface area contributed by atoms with Crippen molar-refractivity contribution in [1.82, 2.24) is 14.8 Å². The fraction of sp³-hybridized carbons (Fsp3) is 0.200. The predicted octanol–water partition coefficient (Wildman–Crippen LogP) is 2.50. The van der Waals surface area contributed by atoms with Crippen molar-refractivity contribution >= 4 is 16.9 Å². The van der Waals surface area contributed by atoms with Crippen LogP contribution in [0.2, 0.25) is 0 Å². The number of carbonyl (C=O) groups is 1. The number of benzene rings is 1. The molecule has 5 nitrogen and oxygen atoms in total. The lowest BCUT2D eigenvalue weighted by atomic mass is 10.0. The van der Waals surface area contributed by atoms with Crippen molar-refractivity contribution in [1.29, 1.82) is 0 Å². The number of nitrogens with zero attached hydrogens (tertiary/aromatic N) is 2. The van der Waals surface area contributed by atoms with Crippen molar-refractivity contribution in [2.24, 2.45) is 7.05 Å². The van der Waals surface area contributed by atoms with Crippen LogP contribution in [0, 0.1) is 6.92 Å². The van der Waals surface area contributed by atoms with E-state index < -0.39 is 5.97 Å². The van der Waals surface area contributed by atoms with E-state index in [4.69, 9.17) is 5.11 Å². The minimum Gasteiger partial charge on any atom is -0.481 e. The normalized spacial score (nSPS) is 11.1. The van der Waals surface area contributed by atoms with Crippen molar-refractivity contribution in [2.75, 3.05) is 0 Å². The van der Waals surface area contributed by atoms with Gasteiger partial charge < -0.3 is 10.1 Å². The van der Waals surface area contributed by atoms with E-state index in [1.54, 1.807) is 11.7 Å². The largest absolute Gasteiger partial charge is 0.481 e. The SMILES string of the molecule is Cc1nn(C)c(CC(=O)O)c1-c1c[nH]c2ccccc12. The summed E-state index contributed by atoms with van der Waals surface area (Å²) in [5.41, 5.74) is 4.51. The van der Waals surface area contributed by atoms with Crippen LogP contribution in [0.3, 0.4) is 0 Å². The quantitative estimate of drug-likeness (QED) is 0.767. The van der Waals surface area contributed by atoms with E-state index in [0.29, 0.717) is 0 Å². The number of hydrogen-bond acceptors (Lipinski definition) is 2. The van der Waals surface area contributed by atoms with Gasteiger partial charge >= 0.3 is 5.97 Å². The van der Waals surface area contributed by atoms with Crippen molar-refractivity contribution < 1.29 is 9.90 Å². The van der Waals surface area contributed by atoms with E-state index in [0.717, 1.165) is 33.4 Å². The molecule has 0 spiro atoms. The van der Waals surface area contributed by atoms with E-state index in [-0.39, 0.29) is 6.42 Å². The lowest BCUT2D eigenvalue weighted by Crippen LogP contribution is -2.07. The summed E-state index contributed by atoms with van der Waals surface area (Å²) >= 11 is 0. The van der Waals surface area contributed by atoms with Crippen molar-refractivity contribution in [3.8, 4) is 11.1 Å². The monoisotopic (exact) mass is 269 g/mol. The molecule has 0 bridgehead atoms. The fourth-order valence-electron chi connectivity index (χ4n) is 2.68. The zero-order valence-corrected chi connectivity index (χ0v) is 11.3. The standard InChI is InChI=1S/C15H15N3O2/c1-9-15(13(7-14(19)20)18(2)17-9)11-8-16-12-6-4-3-5-10(11)12/h3-6,8,16H,7H2,1-2H3,(H,19,20). The Kier molecular flexibility index (Phi) is 2.82. The molecule has 2 N–H and O–H groups in total. The molecule has 0 atom stereocenters. The van der Waals surface area contributed by atoms with Gasteiger partial charge in [0.25, 0.3) is 0 Å². The number of aromatic amines is 1. The van der Waals surface area contributed by atoms with Crippen LogP contribution in [0.25, 0.3) is 22.0 Å². The average molecular weight is 269 g/mol. The van der Waals surface area contributed by atoms with Gasteiger partial charge in [0, 0.05) is 35.3 Å². The Labute approximate surface area is 115 Å². The number of rotatable bonds is 3. The van der Waals surface area contributed by atoms with Gasteiger partial charge in [-0.05, 0) is 13.0 Å². The Morgan fingerprint density at radius 3 is 2.90 bits per heavy atom. The molecule has 0 amide bonds. The molecule has 2 heterocycles. The first-order valence-corrected chi connectivity index (χ1v) is 6.38. The summed E-state index contributed by atoms with van der Waals surface area (Å²) in [7, 11) is 1.78. The maximum absolute atomic E-state index is 11.1. The third-order valence-electron chi connectivity index (χ3n) is 3.52. The number of para-hydroxylation sites is 1. The smallest absolute Gasteiger partial charge is 0.309 e. The molecule has 3 rings (SSSR count). The summed E-state index contributed by atoms with van der Waals surface area (Å²) < 4.78 is 1.65. The summed E-state index contributed by atoms with van der Waals surface area (Å²) in [4.78, 5) is 14.3. The molecule has 102 valence electrons. The summed E-state index contributed by atoms with van der Waals surface area (Å²) in [5.74, 6) is -0.853. The first kappa shape index (κ1) is 12.5. The predicted molar refractivity (Wildman–Crippen MR) is 76.6 cm³/mol. The van der Waals surface area contributed by atoms with Crippen LogP contribution < -0.4 is 0 Å². The lowest BCUT2D eigenvalue weighted by molar-refractivity contribution is -0.136. The number of carboxylic acid groups (broad SMARTS) is 1. The molecule has 2 aromatic heterocycles. The number of fused-ring (bicyclic) bond motifs is 1. The van der Waals surface area contributed by atoms with E-state index >= 15 is 0 Å². The molecule has 0 saturated heterocycles. The Hall–Kier alpha value is -2.56. The molecule has 0 aliphatic rings. The van der Waals surface area contributed by atoms with Crippen LogP contribution in [0.5, 0.6) is 0 Å². The van der Waals surface area contributed by atoms with Crippen molar-refractivity contribution in [3.63, 3.8) is 0 Å². The highest BCUT2D eigenvalue weighted by Crippen LogP contribution is 2.33. The van der Waals surface area contributed by atoms with Gasteiger partial charge in [-0.15, -0.1) is 0 Å². The average Bonchev–Trinajstić information content (AvgIpc) is 2.92. The zero-order valence-electron chi connectivity index (χ0n) is 11.3. The van der Waals surface area contributed by atoms with E-state index in [9.17, 15) is 4.79 Å². The summed E-state index contributed by atoms with van der Waals surface area (Å²) in [6.45, 7) is 1.91. The second kappa shape index (κ2) is 4.52. The van der Waals surface area contributed by atoms with Crippen LogP contribution in [0.1, 0.15) is 11.4 Å². The Morgan fingerprint density at radius 2 is 2.15 bits per heavy atom. The number of aryl methyl sites for hydroxylation is 2. The molecule has 0 radical (unpaired) electrons. The van der Waals surface area contributed by atoms with Crippen molar-refractivity contribution in [2.45, 2.75) is 13.3 Å². The van der Waals surface area contributed by atoms with Crippen molar-refractivity contribution in [3.05, 3.63) is 41.9 Å². The first-order valence-electron chi connectivity index (χ1n) is 6.38. The van der Waals surface area contributed by atoms with Crippen LogP contribution in [-0.2, 0) is 18.3 Å².